The third kappa shape index (κ3) is 16.6. The van der Waals surface area contributed by atoms with Gasteiger partial charge in [-0.25, -0.2) is 0 Å². The number of hydrogen-bond acceptors (Lipinski definition) is 0. The highest BCUT2D eigenvalue weighted by Crippen LogP contribution is 2.16. The van der Waals surface area contributed by atoms with Crippen LogP contribution < -0.4 is 0 Å². The second kappa shape index (κ2) is 18.3. The molecule has 0 atom stereocenters. The molecule has 0 aromatic heterocycles. The van der Waals surface area contributed by atoms with Crippen molar-refractivity contribution in [1.82, 2.24) is 0 Å². The van der Waals surface area contributed by atoms with Crippen LogP contribution in [0.1, 0.15) is 148 Å². The molecular formula is C23H46. The van der Waals surface area contributed by atoms with Crippen molar-refractivity contribution < 1.29 is 0 Å². The first-order valence-corrected chi connectivity index (χ1v) is 11.5. The van der Waals surface area contributed by atoms with Crippen LogP contribution in [0.25, 0.3) is 0 Å². The predicted molar refractivity (Wildman–Crippen MR) is 106 cm³/mol. The largest absolute Gasteiger partial charge is 0.0533 e. The van der Waals surface area contributed by atoms with Gasteiger partial charge in [0.15, 0.2) is 0 Å². The van der Waals surface area contributed by atoms with E-state index in [1.54, 1.807) is 0 Å². The first-order valence-electron chi connectivity index (χ1n) is 11.5. The van der Waals surface area contributed by atoms with E-state index in [1.807, 2.05) is 0 Å². The lowest BCUT2D eigenvalue weighted by atomic mass is 10.0. The SMILES string of the molecule is C1CCCCCCCCCC1.C1CCCCCCCCCCC1. The zero-order valence-electron chi connectivity index (χ0n) is 16.3. The molecule has 2 rings (SSSR count). The number of hydrogen-bond donors (Lipinski definition) is 0. The monoisotopic (exact) mass is 322 g/mol. The Morgan fingerprint density at radius 3 is 0.174 bits per heavy atom. The third-order valence-corrected chi connectivity index (χ3v) is 5.75. The van der Waals surface area contributed by atoms with Crippen molar-refractivity contribution in [2.75, 3.05) is 0 Å². The average molecular weight is 323 g/mol. The summed E-state index contributed by atoms with van der Waals surface area (Å²) in [7, 11) is 0. The van der Waals surface area contributed by atoms with Crippen LogP contribution in [0.4, 0.5) is 0 Å². The third-order valence-electron chi connectivity index (χ3n) is 5.75. The quantitative estimate of drug-likeness (QED) is 0.417. The van der Waals surface area contributed by atoms with Gasteiger partial charge in [-0.1, -0.05) is 148 Å². The van der Waals surface area contributed by atoms with Gasteiger partial charge in [-0.05, 0) is 0 Å². The van der Waals surface area contributed by atoms with Gasteiger partial charge in [-0.15, -0.1) is 0 Å². The maximum Gasteiger partial charge on any atom is -0.0533 e. The van der Waals surface area contributed by atoms with Crippen molar-refractivity contribution >= 4 is 0 Å². The molecule has 138 valence electrons. The Kier molecular flexibility index (Phi) is 16.8. The van der Waals surface area contributed by atoms with Crippen LogP contribution in [-0.4, -0.2) is 0 Å². The van der Waals surface area contributed by atoms with Gasteiger partial charge in [0, 0.05) is 0 Å². The Morgan fingerprint density at radius 2 is 0.130 bits per heavy atom. The number of rotatable bonds is 0. The zero-order valence-corrected chi connectivity index (χ0v) is 16.3. The second-order valence-electron chi connectivity index (χ2n) is 8.13. The molecule has 0 bridgehead atoms. The lowest BCUT2D eigenvalue weighted by molar-refractivity contribution is 0.504. The minimum atomic E-state index is 1.50. The molecule has 2 aliphatic carbocycles. The highest BCUT2D eigenvalue weighted by molar-refractivity contribution is 4.52. The lowest BCUT2D eigenvalue weighted by Crippen LogP contribution is -1.85. The van der Waals surface area contributed by atoms with Crippen LogP contribution in [-0.2, 0) is 0 Å². The van der Waals surface area contributed by atoms with Crippen LogP contribution in [0.2, 0.25) is 0 Å². The molecule has 0 saturated heterocycles. The molecule has 2 aliphatic rings. The first-order chi connectivity index (χ1) is 11.5. The Labute approximate surface area is 148 Å². The highest BCUT2D eigenvalue weighted by Gasteiger charge is 1.97. The van der Waals surface area contributed by atoms with Gasteiger partial charge >= 0.3 is 0 Å². The molecule has 0 radical (unpaired) electrons. The summed E-state index contributed by atoms with van der Waals surface area (Å²) in [6.45, 7) is 0. The van der Waals surface area contributed by atoms with E-state index < -0.39 is 0 Å². The molecule has 0 heterocycles. The summed E-state index contributed by atoms with van der Waals surface area (Å²) in [5.74, 6) is 0. The lowest BCUT2D eigenvalue weighted by Gasteiger charge is -2.05. The van der Waals surface area contributed by atoms with Crippen LogP contribution in [0.5, 0.6) is 0 Å². The maximum absolute atomic E-state index is 1.50. The Balaban J connectivity index is 0.000000231. The van der Waals surface area contributed by atoms with Crippen molar-refractivity contribution in [2.45, 2.75) is 148 Å². The van der Waals surface area contributed by atoms with Crippen molar-refractivity contribution in [3.8, 4) is 0 Å². The highest BCUT2D eigenvalue weighted by atomic mass is 14.0. The predicted octanol–water partition coefficient (Wildman–Crippen LogP) is 8.97. The molecule has 2 saturated carbocycles. The van der Waals surface area contributed by atoms with E-state index in [1.165, 1.54) is 148 Å². The Morgan fingerprint density at radius 1 is 0.0870 bits per heavy atom. The van der Waals surface area contributed by atoms with Crippen molar-refractivity contribution in [3.63, 3.8) is 0 Å². The van der Waals surface area contributed by atoms with Crippen molar-refractivity contribution in [1.29, 1.82) is 0 Å². The normalized spacial score (nSPS) is 24.0. The van der Waals surface area contributed by atoms with E-state index >= 15 is 0 Å². The van der Waals surface area contributed by atoms with Crippen LogP contribution in [0.15, 0.2) is 0 Å². The molecule has 23 heavy (non-hydrogen) atoms. The van der Waals surface area contributed by atoms with Gasteiger partial charge < -0.3 is 0 Å². The summed E-state index contributed by atoms with van der Waals surface area (Å²) < 4.78 is 0. The zero-order chi connectivity index (χ0) is 16.3. The molecular weight excluding hydrogens is 276 g/mol. The molecule has 0 heteroatoms. The summed E-state index contributed by atoms with van der Waals surface area (Å²) in [6.07, 6.45) is 34.5. The van der Waals surface area contributed by atoms with Gasteiger partial charge in [-0.2, -0.15) is 0 Å². The van der Waals surface area contributed by atoms with E-state index in [9.17, 15) is 0 Å². The van der Waals surface area contributed by atoms with Gasteiger partial charge in [-0.3, -0.25) is 0 Å². The second-order valence-corrected chi connectivity index (χ2v) is 8.13. The standard InChI is InChI=1S/C12H24.C11H22/c1-2-4-6-8-10-12-11-9-7-5-3-1;1-2-4-6-8-10-11-9-7-5-3-1/h1-12H2;1-11H2. The van der Waals surface area contributed by atoms with Crippen LogP contribution >= 0.6 is 0 Å². The van der Waals surface area contributed by atoms with E-state index in [4.69, 9.17) is 0 Å². The minimum Gasteiger partial charge on any atom is -0.0533 e. The summed E-state index contributed by atoms with van der Waals surface area (Å²) >= 11 is 0. The molecule has 0 amide bonds. The van der Waals surface area contributed by atoms with Gasteiger partial charge in [0.2, 0.25) is 0 Å². The first kappa shape index (κ1) is 21.0. The van der Waals surface area contributed by atoms with Crippen molar-refractivity contribution in [2.24, 2.45) is 0 Å². The topological polar surface area (TPSA) is 0 Å². The molecule has 0 aromatic rings. The summed E-state index contributed by atoms with van der Waals surface area (Å²) in [5, 5.41) is 0. The molecule has 2 fully saturated rings. The molecule has 0 aromatic carbocycles. The van der Waals surface area contributed by atoms with Gasteiger partial charge in [0.1, 0.15) is 0 Å². The van der Waals surface area contributed by atoms with Gasteiger partial charge in [0.25, 0.3) is 0 Å². The van der Waals surface area contributed by atoms with E-state index in [0.717, 1.165) is 0 Å². The molecule has 0 aliphatic heterocycles. The molecule has 0 nitrogen and oxygen atoms in total. The molecule has 0 spiro atoms. The summed E-state index contributed by atoms with van der Waals surface area (Å²) in [4.78, 5) is 0. The fourth-order valence-corrected chi connectivity index (χ4v) is 4.07. The summed E-state index contributed by atoms with van der Waals surface area (Å²) in [5.41, 5.74) is 0. The average Bonchev–Trinajstić information content (AvgIpc) is 2.62. The molecule has 0 unspecified atom stereocenters. The van der Waals surface area contributed by atoms with Crippen LogP contribution in [0.3, 0.4) is 0 Å². The van der Waals surface area contributed by atoms with Crippen LogP contribution in [0, 0.1) is 0 Å². The van der Waals surface area contributed by atoms with E-state index in [0.29, 0.717) is 0 Å². The molecule has 0 N–H and O–H groups in total. The maximum atomic E-state index is 1.50. The Hall–Kier alpha value is 0. The fourth-order valence-electron chi connectivity index (χ4n) is 4.07. The van der Waals surface area contributed by atoms with E-state index in [2.05, 4.69) is 0 Å². The minimum absolute atomic E-state index is 1.50. The smallest absolute Gasteiger partial charge is 0.0533 e. The summed E-state index contributed by atoms with van der Waals surface area (Å²) in [6, 6.07) is 0. The Bertz CT molecular complexity index is 127. The van der Waals surface area contributed by atoms with Crippen molar-refractivity contribution in [3.05, 3.63) is 0 Å². The van der Waals surface area contributed by atoms with Gasteiger partial charge in [0.05, 0.1) is 0 Å². The van der Waals surface area contributed by atoms with E-state index in [-0.39, 0.29) is 0 Å². The fraction of sp³-hybridized carbons (Fsp3) is 1.00.